The summed E-state index contributed by atoms with van der Waals surface area (Å²) < 4.78 is 24.3. The summed E-state index contributed by atoms with van der Waals surface area (Å²) in [4.78, 5) is 13.1. The minimum absolute atomic E-state index is 0.00818. The van der Waals surface area contributed by atoms with Crippen molar-refractivity contribution in [3.05, 3.63) is 11.6 Å². The molecule has 19 atom stereocenters. The van der Waals surface area contributed by atoms with Crippen molar-refractivity contribution in [2.45, 2.75) is 168 Å². The van der Waals surface area contributed by atoms with Gasteiger partial charge in [0.2, 0.25) is 0 Å². The van der Waals surface area contributed by atoms with Crippen LogP contribution in [0.1, 0.15) is 106 Å². The highest BCUT2D eigenvalue weighted by molar-refractivity contribution is 5.76. The Morgan fingerprint density at radius 1 is 0.830 bits per heavy atom. The first-order chi connectivity index (χ1) is 24.8. The third-order valence-electron chi connectivity index (χ3n) is 17.2. The Morgan fingerprint density at radius 3 is 2.23 bits per heavy atom. The molecule has 12 heteroatoms. The number of ether oxygens (including phenoxy) is 4. The smallest absolute Gasteiger partial charge is 0.310 e. The summed E-state index contributed by atoms with van der Waals surface area (Å²) in [7, 11) is 0. The molecule has 0 radical (unpaired) electrons. The maximum atomic E-state index is 13.1. The highest BCUT2D eigenvalue weighted by Gasteiger charge is 2.70. The van der Waals surface area contributed by atoms with Crippen LogP contribution < -0.4 is 0 Å². The summed E-state index contributed by atoms with van der Waals surface area (Å²) in [6.45, 7) is 15.7. The lowest BCUT2D eigenvalue weighted by molar-refractivity contribution is -0.367. The first kappa shape index (κ1) is 40.0. The van der Waals surface area contributed by atoms with E-state index >= 15 is 0 Å². The summed E-state index contributed by atoms with van der Waals surface area (Å²) in [6, 6.07) is 0. The maximum Gasteiger partial charge on any atom is 0.310 e. The second kappa shape index (κ2) is 13.7. The van der Waals surface area contributed by atoms with E-state index in [1.165, 1.54) is 5.57 Å². The number of aliphatic carboxylic acids is 1. The Bertz CT molecular complexity index is 1420. The van der Waals surface area contributed by atoms with E-state index in [2.05, 4.69) is 54.5 Å². The lowest BCUT2D eigenvalue weighted by Crippen LogP contribution is -2.66. The topological polar surface area (TPSA) is 196 Å². The Labute approximate surface area is 314 Å². The minimum Gasteiger partial charge on any atom is -0.481 e. The predicted octanol–water partition coefficient (Wildman–Crippen LogP) is 3.38. The lowest BCUT2D eigenvalue weighted by atomic mass is 9.33. The van der Waals surface area contributed by atoms with Crippen molar-refractivity contribution in [2.24, 2.45) is 56.7 Å². The largest absolute Gasteiger partial charge is 0.481 e. The molecule has 0 bridgehead atoms. The van der Waals surface area contributed by atoms with Crippen molar-refractivity contribution in [3.63, 3.8) is 0 Å². The fourth-order valence-electron chi connectivity index (χ4n) is 13.6. The molecule has 4 saturated carbocycles. The van der Waals surface area contributed by atoms with Gasteiger partial charge in [0.05, 0.1) is 24.7 Å². The molecule has 12 nitrogen and oxygen atoms in total. The number of aliphatic hydroxyl groups is 6. The molecule has 2 heterocycles. The summed E-state index contributed by atoms with van der Waals surface area (Å²) in [5.41, 5.74) is 0.336. The van der Waals surface area contributed by atoms with Gasteiger partial charge in [0.15, 0.2) is 12.6 Å². The normalized spacial score (nSPS) is 55.1. The molecule has 0 aromatic heterocycles. The Kier molecular flexibility index (Phi) is 10.4. The van der Waals surface area contributed by atoms with Gasteiger partial charge in [0.25, 0.3) is 0 Å². The molecule has 7 aliphatic rings. The summed E-state index contributed by atoms with van der Waals surface area (Å²) in [6.07, 6.45) is -2.66. The van der Waals surface area contributed by atoms with Crippen molar-refractivity contribution in [3.8, 4) is 0 Å². The monoisotopic (exact) mass is 750 g/mol. The Morgan fingerprint density at radius 2 is 1.55 bits per heavy atom. The zero-order chi connectivity index (χ0) is 38.6. The molecule has 2 saturated heterocycles. The third-order valence-corrected chi connectivity index (χ3v) is 17.2. The van der Waals surface area contributed by atoms with Crippen LogP contribution in [0.5, 0.6) is 0 Å². The molecule has 6 fully saturated rings. The number of carboxylic acid groups (broad SMARTS) is 1. The molecule has 0 unspecified atom stereocenters. The minimum atomic E-state index is -1.69. The van der Waals surface area contributed by atoms with Gasteiger partial charge in [-0.05, 0) is 109 Å². The van der Waals surface area contributed by atoms with Gasteiger partial charge in [-0.2, -0.15) is 0 Å². The van der Waals surface area contributed by atoms with E-state index in [0.717, 1.165) is 57.8 Å². The third kappa shape index (κ3) is 5.77. The molecular weight excluding hydrogens is 684 g/mol. The quantitative estimate of drug-likeness (QED) is 0.155. The molecule has 302 valence electrons. The maximum absolute atomic E-state index is 13.1. The molecule has 7 N–H and O–H groups in total. The second-order valence-corrected chi connectivity index (χ2v) is 19.7. The van der Waals surface area contributed by atoms with Crippen molar-refractivity contribution in [2.75, 3.05) is 13.2 Å². The first-order valence-corrected chi connectivity index (χ1v) is 20.3. The van der Waals surface area contributed by atoms with Crippen LogP contribution in [-0.2, 0) is 23.7 Å². The van der Waals surface area contributed by atoms with Crippen molar-refractivity contribution >= 4 is 5.97 Å². The van der Waals surface area contributed by atoms with E-state index in [0.29, 0.717) is 23.7 Å². The zero-order valence-electron chi connectivity index (χ0n) is 32.7. The Balaban J connectivity index is 1.13. The van der Waals surface area contributed by atoms with Crippen LogP contribution in [0, 0.1) is 56.7 Å². The number of carboxylic acids is 1. The van der Waals surface area contributed by atoms with Gasteiger partial charge in [-0.3, -0.25) is 4.79 Å². The molecule has 5 aliphatic carbocycles. The molecule has 0 aromatic carbocycles. The van der Waals surface area contributed by atoms with Crippen molar-refractivity contribution in [1.29, 1.82) is 0 Å². The number of rotatable bonds is 6. The van der Waals surface area contributed by atoms with Gasteiger partial charge in [-0.1, -0.05) is 60.1 Å². The number of hydrogen-bond donors (Lipinski definition) is 7. The molecule has 0 aromatic rings. The molecule has 7 rings (SSSR count). The fourth-order valence-corrected chi connectivity index (χ4v) is 13.6. The summed E-state index contributed by atoms with van der Waals surface area (Å²) in [5.74, 6) is 0.960. The van der Waals surface area contributed by atoms with Crippen LogP contribution in [0.25, 0.3) is 0 Å². The van der Waals surface area contributed by atoms with E-state index < -0.39 is 73.3 Å². The van der Waals surface area contributed by atoms with Crippen molar-refractivity contribution in [1.82, 2.24) is 0 Å². The highest BCUT2D eigenvalue weighted by atomic mass is 16.8. The summed E-state index contributed by atoms with van der Waals surface area (Å²) in [5, 5.41) is 73.4. The zero-order valence-corrected chi connectivity index (χ0v) is 32.7. The average Bonchev–Trinajstić information content (AvgIpc) is 3.10. The van der Waals surface area contributed by atoms with Crippen LogP contribution in [-0.4, -0.2) is 116 Å². The van der Waals surface area contributed by atoms with Crippen LogP contribution in [0.4, 0.5) is 0 Å². The van der Waals surface area contributed by atoms with Crippen LogP contribution in [0.3, 0.4) is 0 Å². The van der Waals surface area contributed by atoms with E-state index in [4.69, 9.17) is 18.9 Å². The highest BCUT2D eigenvalue weighted by Crippen LogP contribution is 2.76. The van der Waals surface area contributed by atoms with E-state index in [1.54, 1.807) is 0 Å². The Hall–Kier alpha value is -1.19. The van der Waals surface area contributed by atoms with Crippen LogP contribution >= 0.6 is 0 Å². The number of aliphatic hydroxyl groups excluding tert-OH is 6. The molecule has 0 amide bonds. The molecule has 53 heavy (non-hydrogen) atoms. The predicted molar refractivity (Wildman–Crippen MR) is 192 cm³/mol. The van der Waals surface area contributed by atoms with Crippen molar-refractivity contribution < 1.29 is 59.5 Å². The van der Waals surface area contributed by atoms with Gasteiger partial charge >= 0.3 is 5.97 Å². The van der Waals surface area contributed by atoms with E-state index in [-0.39, 0.29) is 40.3 Å². The average molecular weight is 751 g/mol. The van der Waals surface area contributed by atoms with Crippen LogP contribution in [0.15, 0.2) is 11.6 Å². The number of allylic oxidation sites excluding steroid dienone is 2. The number of carbonyl (C=O) groups is 1. The number of hydrogen-bond acceptors (Lipinski definition) is 11. The van der Waals surface area contributed by atoms with E-state index in [1.807, 2.05) is 0 Å². The molecule has 2 aliphatic heterocycles. The standard InChI is InChI=1S/C41H66O12/c1-20-10-15-41(36(48)49)17-16-39(6)22(28(41)21(20)2)8-9-26-38(5)13-12-27(37(3,4)25(38)11-14-40(26,39)7)52-35-33(29(44)23(43)19-50-35)53-34-32(47)31(46)30(45)24(18-42)51-34/h8,20-21,23-35,42-47H,9-19H2,1-7H3,(H,48,49)/t20-,21+,23+,24-,25+,26-,27+,28+,29+,30-,31+,32-,33-,34+,35+,38+,39-,40-,41+/m1/s1. The number of fused-ring (bicyclic) bond motifs is 7. The summed E-state index contributed by atoms with van der Waals surface area (Å²) >= 11 is 0. The fraction of sp³-hybridized carbons (Fsp3) is 0.927. The first-order valence-electron chi connectivity index (χ1n) is 20.3. The molecular formula is C41H66O12. The second-order valence-electron chi connectivity index (χ2n) is 19.7. The van der Waals surface area contributed by atoms with Gasteiger partial charge < -0.3 is 54.7 Å². The van der Waals surface area contributed by atoms with E-state index in [9.17, 15) is 40.5 Å². The molecule has 0 spiro atoms. The SMILES string of the molecule is C[C@H]1[C@H](C)CC[C@]2(C(=O)O)CC[C@]3(C)C(=CC[C@@H]4[C@@]5(C)CC[C@H](O[C@@H]6OC[C@H](O)[C@H](O)[C@H]6O[C@@H]6O[C@H](CO)[C@@H](O)[C@H](O)[C@H]6O)C(C)(C)[C@@H]5CC[C@]43C)[C@H]12. The van der Waals surface area contributed by atoms with Gasteiger partial charge in [-0.25, -0.2) is 0 Å². The van der Waals surface area contributed by atoms with Crippen LogP contribution in [0.2, 0.25) is 0 Å². The van der Waals surface area contributed by atoms with Gasteiger partial charge in [-0.15, -0.1) is 0 Å². The lowest BCUT2D eigenvalue weighted by Gasteiger charge is -2.71. The van der Waals surface area contributed by atoms with Gasteiger partial charge in [0, 0.05) is 0 Å². The van der Waals surface area contributed by atoms with Gasteiger partial charge in [0.1, 0.15) is 42.7 Å².